The van der Waals surface area contributed by atoms with E-state index in [4.69, 9.17) is 21.7 Å². The van der Waals surface area contributed by atoms with Crippen LogP contribution >= 0.6 is 12.2 Å². The molecule has 0 saturated carbocycles. The van der Waals surface area contributed by atoms with Crippen LogP contribution < -0.4 is 14.8 Å². The van der Waals surface area contributed by atoms with E-state index < -0.39 is 0 Å². The van der Waals surface area contributed by atoms with E-state index in [9.17, 15) is 10.2 Å². The molecule has 1 aliphatic heterocycles. The van der Waals surface area contributed by atoms with Gasteiger partial charge in [-0.15, -0.1) is 0 Å². The summed E-state index contributed by atoms with van der Waals surface area (Å²) in [6.45, 7) is 0.210. The van der Waals surface area contributed by atoms with Gasteiger partial charge in [-0.1, -0.05) is 12.2 Å². The minimum Gasteiger partial charge on any atom is -0.508 e. The minimum absolute atomic E-state index is 0.0165. The summed E-state index contributed by atoms with van der Waals surface area (Å²) in [6, 6.07) is 9.60. The van der Waals surface area contributed by atoms with E-state index in [1.807, 2.05) is 0 Å². The molecule has 6 heteroatoms. The van der Waals surface area contributed by atoms with Crippen LogP contribution in [0.1, 0.15) is 5.56 Å². The van der Waals surface area contributed by atoms with Crippen molar-refractivity contribution >= 4 is 22.9 Å². The molecule has 0 aromatic heterocycles. The van der Waals surface area contributed by atoms with E-state index in [1.54, 1.807) is 24.3 Å². The maximum Gasteiger partial charge on any atom is 0.231 e. The highest BCUT2D eigenvalue weighted by molar-refractivity contribution is 7.81. The summed E-state index contributed by atoms with van der Waals surface area (Å²) in [5.41, 5.74) is 1.17. The molecule has 0 unspecified atom stereocenters. The van der Waals surface area contributed by atoms with Crippen LogP contribution in [0.3, 0.4) is 0 Å². The van der Waals surface area contributed by atoms with Crippen molar-refractivity contribution in [1.29, 1.82) is 0 Å². The number of thiocarbonyl (C=S) groups is 1. The standard InChI is InChI=1S/C14H11NO4S/c16-9-2-3-10(11(17)6-9)14(20)15-8-1-4-12-13(5-8)19-7-18-12/h1-6,16-17H,7H2,(H,15,20). The molecule has 0 amide bonds. The lowest BCUT2D eigenvalue weighted by Gasteiger charge is -2.10. The SMILES string of the molecule is Oc1ccc(C(=S)Nc2ccc3c(c2)OCO3)c(O)c1. The maximum atomic E-state index is 9.76. The van der Waals surface area contributed by atoms with Crippen molar-refractivity contribution in [3.8, 4) is 23.0 Å². The summed E-state index contributed by atoms with van der Waals surface area (Å²) >= 11 is 5.24. The van der Waals surface area contributed by atoms with Gasteiger partial charge in [0.25, 0.3) is 0 Å². The number of rotatable bonds is 2. The summed E-state index contributed by atoms with van der Waals surface area (Å²) in [5.74, 6) is 1.24. The molecule has 1 heterocycles. The Balaban J connectivity index is 1.82. The van der Waals surface area contributed by atoms with Crippen LogP contribution in [0.2, 0.25) is 0 Å². The van der Waals surface area contributed by atoms with Crippen LogP contribution in [0.25, 0.3) is 0 Å². The van der Waals surface area contributed by atoms with Gasteiger partial charge in [0, 0.05) is 17.8 Å². The lowest BCUT2D eigenvalue weighted by molar-refractivity contribution is 0.174. The third-order valence-electron chi connectivity index (χ3n) is 2.86. The molecule has 0 fully saturated rings. The molecule has 0 aliphatic carbocycles. The quantitative estimate of drug-likeness (QED) is 0.738. The van der Waals surface area contributed by atoms with Crippen LogP contribution in [0.4, 0.5) is 5.69 Å². The summed E-state index contributed by atoms with van der Waals surface area (Å²) in [7, 11) is 0. The summed E-state index contributed by atoms with van der Waals surface area (Å²) < 4.78 is 10.5. The number of anilines is 1. The number of ether oxygens (including phenoxy) is 2. The Morgan fingerprint density at radius 2 is 1.85 bits per heavy atom. The molecule has 2 aromatic rings. The van der Waals surface area contributed by atoms with Gasteiger partial charge >= 0.3 is 0 Å². The van der Waals surface area contributed by atoms with Crippen molar-refractivity contribution in [3.05, 3.63) is 42.0 Å². The second kappa shape index (κ2) is 4.90. The Kier molecular flexibility index (Phi) is 3.08. The van der Waals surface area contributed by atoms with Crippen molar-refractivity contribution in [2.45, 2.75) is 0 Å². The van der Waals surface area contributed by atoms with Gasteiger partial charge in [-0.3, -0.25) is 0 Å². The van der Waals surface area contributed by atoms with Crippen molar-refractivity contribution in [3.63, 3.8) is 0 Å². The number of nitrogens with one attached hydrogen (secondary N) is 1. The molecule has 3 rings (SSSR count). The predicted molar refractivity (Wildman–Crippen MR) is 77.7 cm³/mol. The first-order chi connectivity index (χ1) is 9.63. The highest BCUT2D eigenvalue weighted by atomic mass is 32.1. The first kappa shape index (κ1) is 12.6. The van der Waals surface area contributed by atoms with E-state index in [0.717, 1.165) is 5.69 Å². The topological polar surface area (TPSA) is 71.0 Å². The average molecular weight is 289 g/mol. The fourth-order valence-electron chi connectivity index (χ4n) is 1.88. The minimum atomic E-state index is -0.0803. The zero-order valence-electron chi connectivity index (χ0n) is 10.3. The molecular formula is C14H11NO4S. The number of benzene rings is 2. The van der Waals surface area contributed by atoms with Gasteiger partial charge in [0.1, 0.15) is 16.5 Å². The van der Waals surface area contributed by atoms with Crippen LogP contribution in [-0.4, -0.2) is 22.0 Å². The first-order valence-corrected chi connectivity index (χ1v) is 6.27. The molecule has 0 atom stereocenters. The van der Waals surface area contributed by atoms with Crippen LogP contribution in [0, 0.1) is 0 Å². The van der Waals surface area contributed by atoms with Gasteiger partial charge in [-0.25, -0.2) is 0 Å². The molecule has 0 saturated heterocycles. The van der Waals surface area contributed by atoms with Crippen LogP contribution in [0.5, 0.6) is 23.0 Å². The molecule has 0 radical (unpaired) electrons. The lowest BCUT2D eigenvalue weighted by Crippen LogP contribution is -2.10. The Morgan fingerprint density at radius 1 is 1.05 bits per heavy atom. The molecule has 1 aliphatic rings. The Bertz CT molecular complexity index is 687. The zero-order valence-corrected chi connectivity index (χ0v) is 11.1. The first-order valence-electron chi connectivity index (χ1n) is 5.86. The van der Waals surface area contributed by atoms with Gasteiger partial charge in [-0.05, 0) is 24.3 Å². The number of aromatic hydroxyl groups is 2. The van der Waals surface area contributed by atoms with Crippen LogP contribution in [-0.2, 0) is 0 Å². The fraction of sp³-hybridized carbons (Fsp3) is 0.0714. The van der Waals surface area contributed by atoms with Gasteiger partial charge in [0.05, 0.1) is 5.56 Å². The highest BCUT2D eigenvalue weighted by Crippen LogP contribution is 2.34. The third kappa shape index (κ3) is 2.33. The number of hydrogen-bond acceptors (Lipinski definition) is 5. The van der Waals surface area contributed by atoms with Crippen molar-refractivity contribution in [2.24, 2.45) is 0 Å². The number of phenolic OH excluding ortho intramolecular Hbond substituents is 2. The molecule has 3 N–H and O–H groups in total. The van der Waals surface area contributed by atoms with Crippen molar-refractivity contribution in [2.75, 3.05) is 12.1 Å². The molecule has 102 valence electrons. The fourth-order valence-corrected chi connectivity index (χ4v) is 2.18. The van der Waals surface area contributed by atoms with Crippen LogP contribution in [0.15, 0.2) is 36.4 Å². The van der Waals surface area contributed by atoms with E-state index in [2.05, 4.69) is 5.32 Å². The Labute approximate surface area is 120 Å². The predicted octanol–water partition coefficient (Wildman–Crippen LogP) is 2.61. The number of hydrogen-bond donors (Lipinski definition) is 3. The second-order valence-electron chi connectivity index (χ2n) is 4.22. The van der Waals surface area contributed by atoms with Gasteiger partial charge < -0.3 is 25.0 Å². The smallest absolute Gasteiger partial charge is 0.231 e. The zero-order chi connectivity index (χ0) is 14.1. The van der Waals surface area contributed by atoms with Gasteiger partial charge in [0.2, 0.25) is 6.79 Å². The van der Waals surface area contributed by atoms with E-state index in [0.29, 0.717) is 22.1 Å². The van der Waals surface area contributed by atoms with E-state index in [-0.39, 0.29) is 18.3 Å². The third-order valence-corrected chi connectivity index (χ3v) is 3.18. The monoisotopic (exact) mass is 289 g/mol. The summed E-state index contributed by atoms with van der Waals surface area (Å²) in [4.78, 5) is 0.348. The van der Waals surface area contributed by atoms with Crippen molar-refractivity contribution < 1.29 is 19.7 Å². The summed E-state index contributed by atoms with van der Waals surface area (Å²) in [5, 5.41) is 22.0. The number of fused-ring (bicyclic) bond motifs is 1. The van der Waals surface area contributed by atoms with E-state index >= 15 is 0 Å². The average Bonchev–Trinajstić information content (AvgIpc) is 2.85. The lowest BCUT2D eigenvalue weighted by atomic mass is 10.2. The van der Waals surface area contributed by atoms with Gasteiger partial charge in [-0.2, -0.15) is 0 Å². The summed E-state index contributed by atoms with van der Waals surface area (Å²) in [6.07, 6.45) is 0. The van der Waals surface area contributed by atoms with Crippen molar-refractivity contribution in [1.82, 2.24) is 0 Å². The Morgan fingerprint density at radius 3 is 2.65 bits per heavy atom. The molecule has 0 spiro atoms. The molecule has 2 aromatic carbocycles. The molecular weight excluding hydrogens is 278 g/mol. The van der Waals surface area contributed by atoms with Gasteiger partial charge in [0.15, 0.2) is 11.5 Å². The normalized spacial score (nSPS) is 12.2. The molecule has 5 nitrogen and oxygen atoms in total. The molecule has 20 heavy (non-hydrogen) atoms. The van der Waals surface area contributed by atoms with E-state index in [1.165, 1.54) is 12.1 Å². The second-order valence-corrected chi connectivity index (χ2v) is 4.63. The number of phenols is 2. The Hall–Kier alpha value is -2.47. The maximum absolute atomic E-state index is 9.76. The highest BCUT2D eigenvalue weighted by Gasteiger charge is 2.14. The molecule has 0 bridgehead atoms. The largest absolute Gasteiger partial charge is 0.508 e.